The minimum Gasteiger partial charge on any atom is -0.337 e. The van der Waals surface area contributed by atoms with Crippen LogP contribution in [0.2, 0.25) is 0 Å². The molecule has 9 heteroatoms. The predicted octanol–water partition coefficient (Wildman–Crippen LogP) is 2.59. The molecule has 3 heterocycles. The van der Waals surface area contributed by atoms with E-state index in [9.17, 15) is 4.79 Å². The largest absolute Gasteiger partial charge is 0.337 e. The Hall–Kier alpha value is -1.15. The second-order valence-corrected chi connectivity index (χ2v) is 7.57. The minimum absolute atomic E-state index is 0. The molecule has 0 aliphatic carbocycles. The smallest absolute Gasteiger partial charge is 0.265 e. The highest BCUT2D eigenvalue weighted by molar-refractivity contribution is 7.16. The van der Waals surface area contributed by atoms with Crippen LogP contribution in [0, 0.1) is 5.41 Å². The molecule has 1 unspecified atom stereocenters. The maximum atomic E-state index is 12.7. The number of hydrogen-bond donors (Lipinski definition) is 1. The molecule has 6 nitrogen and oxygen atoms in total. The van der Waals surface area contributed by atoms with Crippen LogP contribution in [0.15, 0.2) is 18.6 Å². The molecular formula is C15H23Cl2N5OS. The number of rotatable bonds is 2. The average molecular weight is 392 g/mol. The van der Waals surface area contributed by atoms with Crippen LogP contribution < -0.4 is 5.73 Å². The van der Waals surface area contributed by atoms with E-state index in [1.807, 2.05) is 18.1 Å². The molecule has 1 fully saturated rings. The number of nitrogens with zero attached hydrogens (tertiary/aromatic N) is 4. The van der Waals surface area contributed by atoms with Crippen molar-refractivity contribution in [2.45, 2.75) is 26.3 Å². The summed E-state index contributed by atoms with van der Waals surface area (Å²) in [5.74, 6) is 0.0487. The van der Waals surface area contributed by atoms with E-state index in [1.165, 1.54) is 11.3 Å². The number of thiazole rings is 1. The SMILES string of the molecule is Cl.Cl.Cn1cc(-c2ncc(C(=O)N3CCC(N)C(C)(C)C3)s2)cn1. The molecule has 2 aromatic rings. The molecule has 0 bridgehead atoms. The highest BCUT2D eigenvalue weighted by atomic mass is 35.5. The third-order valence-electron chi connectivity index (χ3n) is 4.27. The summed E-state index contributed by atoms with van der Waals surface area (Å²) in [7, 11) is 1.86. The zero-order valence-electron chi connectivity index (χ0n) is 13.9. The quantitative estimate of drug-likeness (QED) is 0.852. The second-order valence-electron chi connectivity index (χ2n) is 6.54. The number of likely N-dealkylation sites (tertiary alicyclic amines) is 1. The van der Waals surface area contributed by atoms with Crippen molar-refractivity contribution >= 4 is 42.1 Å². The molecule has 1 aliphatic rings. The van der Waals surface area contributed by atoms with Gasteiger partial charge in [0.15, 0.2) is 0 Å². The summed E-state index contributed by atoms with van der Waals surface area (Å²) in [6.07, 6.45) is 6.16. The van der Waals surface area contributed by atoms with Gasteiger partial charge in [0, 0.05) is 37.9 Å². The monoisotopic (exact) mass is 391 g/mol. The standard InChI is InChI=1S/C15H21N5OS.2ClH/c1-15(2)9-20(5-4-12(15)16)14(21)11-7-17-13(22-11)10-6-18-19(3)8-10;;/h6-8,12H,4-5,9,16H2,1-3H3;2*1H. The molecule has 0 aromatic carbocycles. The lowest BCUT2D eigenvalue weighted by molar-refractivity contribution is 0.0537. The third-order valence-corrected chi connectivity index (χ3v) is 5.30. The van der Waals surface area contributed by atoms with Crippen molar-refractivity contribution in [1.29, 1.82) is 0 Å². The minimum atomic E-state index is -0.0508. The van der Waals surface area contributed by atoms with Crippen LogP contribution in [0.5, 0.6) is 0 Å². The van der Waals surface area contributed by atoms with Crippen molar-refractivity contribution in [2.24, 2.45) is 18.2 Å². The van der Waals surface area contributed by atoms with Gasteiger partial charge in [-0.15, -0.1) is 36.2 Å². The van der Waals surface area contributed by atoms with Gasteiger partial charge in [0.05, 0.1) is 12.4 Å². The molecule has 2 aromatic heterocycles. The van der Waals surface area contributed by atoms with E-state index in [0.29, 0.717) is 18.0 Å². The summed E-state index contributed by atoms with van der Waals surface area (Å²) in [6.45, 7) is 5.63. The molecule has 24 heavy (non-hydrogen) atoms. The van der Waals surface area contributed by atoms with E-state index in [1.54, 1.807) is 17.1 Å². The van der Waals surface area contributed by atoms with Gasteiger partial charge in [-0.1, -0.05) is 13.8 Å². The van der Waals surface area contributed by atoms with Crippen LogP contribution in [0.1, 0.15) is 29.9 Å². The number of nitrogens with two attached hydrogens (primary N) is 1. The molecule has 1 aliphatic heterocycles. The van der Waals surface area contributed by atoms with Crippen molar-refractivity contribution in [2.75, 3.05) is 13.1 Å². The maximum Gasteiger partial charge on any atom is 0.265 e. The number of halogens is 2. The summed E-state index contributed by atoms with van der Waals surface area (Å²) in [5, 5.41) is 4.96. The molecule has 0 spiro atoms. The van der Waals surface area contributed by atoms with E-state index in [4.69, 9.17) is 5.73 Å². The van der Waals surface area contributed by atoms with Gasteiger partial charge in [-0.3, -0.25) is 9.48 Å². The van der Waals surface area contributed by atoms with Gasteiger partial charge in [0.2, 0.25) is 0 Å². The number of amides is 1. The molecule has 1 amide bonds. The highest BCUT2D eigenvalue weighted by Crippen LogP contribution is 2.30. The number of carbonyl (C=O) groups is 1. The van der Waals surface area contributed by atoms with Gasteiger partial charge < -0.3 is 10.6 Å². The zero-order valence-corrected chi connectivity index (χ0v) is 16.4. The first kappa shape index (κ1) is 20.9. The first-order chi connectivity index (χ1) is 10.4. The van der Waals surface area contributed by atoms with Crippen LogP contribution in [-0.4, -0.2) is 44.7 Å². The Morgan fingerprint density at radius 2 is 2.08 bits per heavy atom. The van der Waals surface area contributed by atoms with E-state index in [0.717, 1.165) is 17.0 Å². The van der Waals surface area contributed by atoms with Crippen LogP contribution in [0.3, 0.4) is 0 Å². The Kier molecular flexibility index (Phi) is 6.81. The Bertz CT molecular complexity index is 700. The van der Waals surface area contributed by atoms with Crippen molar-refractivity contribution in [1.82, 2.24) is 19.7 Å². The maximum absolute atomic E-state index is 12.7. The van der Waals surface area contributed by atoms with Gasteiger partial charge in [0.25, 0.3) is 5.91 Å². The molecule has 134 valence electrons. The van der Waals surface area contributed by atoms with Gasteiger partial charge in [0.1, 0.15) is 9.88 Å². The summed E-state index contributed by atoms with van der Waals surface area (Å²) >= 11 is 1.42. The summed E-state index contributed by atoms with van der Waals surface area (Å²) in [5.41, 5.74) is 7.03. The summed E-state index contributed by atoms with van der Waals surface area (Å²) in [4.78, 5) is 19.6. The van der Waals surface area contributed by atoms with Gasteiger partial charge in [-0.05, 0) is 11.8 Å². The van der Waals surface area contributed by atoms with E-state index >= 15 is 0 Å². The fourth-order valence-electron chi connectivity index (χ4n) is 2.74. The van der Waals surface area contributed by atoms with Gasteiger partial charge in [-0.25, -0.2) is 4.98 Å². The number of piperidine rings is 1. The predicted molar refractivity (Wildman–Crippen MR) is 101 cm³/mol. The number of hydrogen-bond acceptors (Lipinski definition) is 5. The van der Waals surface area contributed by atoms with Gasteiger partial charge in [-0.2, -0.15) is 5.10 Å². The topological polar surface area (TPSA) is 77.0 Å². The van der Waals surface area contributed by atoms with Crippen LogP contribution in [-0.2, 0) is 7.05 Å². The third kappa shape index (κ3) is 4.08. The van der Waals surface area contributed by atoms with Crippen molar-refractivity contribution in [3.8, 4) is 10.6 Å². The lowest BCUT2D eigenvalue weighted by Crippen LogP contribution is -2.53. The lowest BCUT2D eigenvalue weighted by Gasteiger charge is -2.42. The lowest BCUT2D eigenvalue weighted by atomic mass is 9.79. The molecule has 1 atom stereocenters. The Labute approximate surface area is 158 Å². The Balaban J connectivity index is 0.00000144. The molecule has 3 rings (SSSR count). The number of aryl methyl sites for hydroxylation is 1. The van der Waals surface area contributed by atoms with Gasteiger partial charge >= 0.3 is 0 Å². The summed E-state index contributed by atoms with van der Waals surface area (Å²) < 4.78 is 1.73. The molecule has 2 N–H and O–H groups in total. The Morgan fingerprint density at radius 1 is 1.38 bits per heavy atom. The normalized spacial score (nSPS) is 19.3. The fourth-order valence-corrected chi connectivity index (χ4v) is 3.60. The zero-order chi connectivity index (χ0) is 15.9. The van der Waals surface area contributed by atoms with Crippen molar-refractivity contribution in [3.05, 3.63) is 23.5 Å². The van der Waals surface area contributed by atoms with E-state index in [-0.39, 0.29) is 42.2 Å². The first-order valence-corrected chi connectivity index (χ1v) is 8.18. The second kappa shape index (κ2) is 7.82. The average Bonchev–Trinajstić information content (AvgIpc) is 3.09. The molecule has 0 radical (unpaired) electrons. The van der Waals surface area contributed by atoms with Crippen LogP contribution in [0.25, 0.3) is 10.6 Å². The van der Waals surface area contributed by atoms with Crippen molar-refractivity contribution in [3.63, 3.8) is 0 Å². The number of aromatic nitrogens is 3. The van der Waals surface area contributed by atoms with E-state index < -0.39 is 0 Å². The fraction of sp³-hybridized carbons (Fsp3) is 0.533. The first-order valence-electron chi connectivity index (χ1n) is 7.36. The van der Waals surface area contributed by atoms with Crippen LogP contribution >= 0.6 is 36.2 Å². The molecule has 0 saturated carbocycles. The molecular weight excluding hydrogens is 369 g/mol. The summed E-state index contributed by atoms with van der Waals surface area (Å²) in [6, 6.07) is 0.143. The molecule has 1 saturated heterocycles. The van der Waals surface area contributed by atoms with E-state index in [2.05, 4.69) is 23.9 Å². The highest BCUT2D eigenvalue weighted by Gasteiger charge is 2.36. The van der Waals surface area contributed by atoms with Crippen LogP contribution in [0.4, 0.5) is 0 Å². The van der Waals surface area contributed by atoms with Crippen molar-refractivity contribution < 1.29 is 4.79 Å². The Morgan fingerprint density at radius 3 is 2.67 bits per heavy atom. The number of carbonyl (C=O) groups excluding carboxylic acids is 1.